The molecule has 21 heavy (non-hydrogen) atoms. The number of nitro benzene ring substituents is 1. The van der Waals surface area contributed by atoms with Gasteiger partial charge in [-0.25, -0.2) is 4.39 Å². The van der Waals surface area contributed by atoms with Crippen molar-refractivity contribution < 1.29 is 14.4 Å². The molecular formula is C14H20FN3O3. The molecule has 0 unspecified atom stereocenters. The number of hydrogen-bond donors (Lipinski definition) is 2. The molecule has 1 heterocycles. The van der Waals surface area contributed by atoms with Gasteiger partial charge in [-0.15, -0.1) is 0 Å². The fourth-order valence-electron chi connectivity index (χ4n) is 2.47. The summed E-state index contributed by atoms with van der Waals surface area (Å²) in [4.78, 5) is 12.5. The number of aliphatic hydroxyl groups is 1. The number of nitrogens with one attached hydrogen (secondary N) is 1. The van der Waals surface area contributed by atoms with Crippen LogP contribution in [0.5, 0.6) is 0 Å². The molecule has 1 aliphatic rings. The molecular weight excluding hydrogens is 277 g/mol. The number of hydrogen-bond acceptors (Lipinski definition) is 5. The van der Waals surface area contributed by atoms with Crippen LogP contribution in [0.1, 0.15) is 19.3 Å². The van der Waals surface area contributed by atoms with Crippen LogP contribution in [0.25, 0.3) is 0 Å². The van der Waals surface area contributed by atoms with Gasteiger partial charge in [0, 0.05) is 19.6 Å². The summed E-state index contributed by atoms with van der Waals surface area (Å²) >= 11 is 0. The van der Waals surface area contributed by atoms with E-state index < -0.39 is 10.7 Å². The Morgan fingerprint density at radius 3 is 2.81 bits per heavy atom. The van der Waals surface area contributed by atoms with Gasteiger partial charge in [-0.1, -0.05) is 0 Å². The Balaban J connectivity index is 1.77. The minimum atomic E-state index is -0.612. The lowest BCUT2D eigenvalue weighted by molar-refractivity contribution is -0.384. The van der Waals surface area contributed by atoms with Gasteiger partial charge in [-0.3, -0.25) is 10.1 Å². The van der Waals surface area contributed by atoms with Crippen LogP contribution in [-0.4, -0.2) is 47.2 Å². The van der Waals surface area contributed by atoms with Gasteiger partial charge in [0.25, 0.3) is 5.69 Å². The van der Waals surface area contributed by atoms with Crippen molar-refractivity contribution in [2.24, 2.45) is 0 Å². The predicted molar refractivity (Wildman–Crippen MR) is 77.8 cm³/mol. The molecule has 1 aromatic rings. The first-order valence-electron chi connectivity index (χ1n) is 7.14. The first-order chi connectivity index (χ1) is 10.1. The highest BCUT2D eigenvalue weighted by Crippen LogP contribution is 2.24. The Morgan fingerprint density at radius 2 is 2.14 bits per heavy atom. The maximum absolute atomic E-state index is 13.0. The Bertz CT molecular complexity index is 490. The fraction of sp³-hybridized carbons (Fsp3) is 0.571. The molecule has 1 fully saturated rings. The molecule has 2 N–H and O–H groups in total. The molecule has 0 amide bonds. The van der Waals surface area contributed by atoms with Gasteiger partial charge in [0.15, 0.2) is 0 Å². The molecule has 7 heteroatoms. The van der Waals surface area contributed by atoms with Gasteiger partial charge in [0.2, 0.25) is 0 Å². The van der Waals surface area contributed by atoms with E-state index in [0.29, 0.717) is 12.2 Å². The van der Waals surface area contributed by atoms with E-state index in [-0.39, 0.29) is 11.8 Å². The van der Waals surface area contributed by atoms with Crippen molar-refractivity contribution in [3.63, 3.8) is 0 Å². The molecule has 0 bridgehead atoms. The van der Waals surface area contributed by atoms with E-state index >= 15 is 0 Å². The second kappa shape index (κ2) is 7.33. The summed E-state index contributed by atoms with van der Waals surface area (Å²) in [5.74, 6) is -0.612. The van der Waals surface area contributed by atoms with Crippen LogP contribution in [0.4, 0.5) is 15.8 Å². The third kappa shape index (κ3) is 4.64. The molecule has 0 spiro atoms. The SMILES string of the molecule is O=[N+]([O-])c1cc(F)ccc1NCCCN1CCC(O)CC1. The van der Waals surface area contributed by atoms with E-state index in [1.807, 2.05) is 0 Å². The molecule has 1 aliphatic heterocycles. The zero-order chi connectivity index (χ0) is 15.2. The Morgan fingerprint density at radius 1 is 1.43 bits per heavy atom. The minimum absolute atomic E-state index is 0.179. The summed E-state index contributed by atoms with van der Waals surface area (Å²) in [5.41, 5.74) is 0.103. The van der Waals surface area contributed by atoms with Gasteiger partial charge in [-0.05, 0) is 37.9 Å². The average molecular weight is 297 g/mol. The standard InChI is InChI=1S/C14H20FN3O3/c15-11-2-3-13(14(10-11)18(20)21)16-6-1-7-17-8-4-12(19)5-9-17/h2-3,10,12,16,19H,1,4-9H2. The number of rotatable bonds is 6. The summed E-state index contributed by atoms with van der Waals surface area (Å²) in [6, 6.07) is 3.53. The Kier molecular flexibility index (Phi) is 5.46. The van der Waals surface area contributed by atoms with Gasteiger partial charge >= 0.3 is 0 Å². The third-order valence-electron chi connectivity index (χ3n) is 3.68. The molecule has 116 valence electrons. The summed E-state index contributed by atoms with van der Waals surface area (Å²) in [6.45, 7) is 3.25. The Hall–Kier alpha value is -1.73. The zero-order valence-electron chi connectivity index (χ0n) is 11.8. The van der Waals surface area contributed by atoms with Gasteiger partial charge in [0.1, 0.15) is 11.5 Å². The number of piperidine rings is 1. The first-order valence-corrected chi connectivity index (χ1v) is 7.14. The van der Waals surface area contributed by atoms with Crippen LogP contribution in [0.3, 0.4) is 0 Å². The Labute approximate surface area is 122 Å². The second-order valence-electron chi connectivity index (χ2n) is 5.27. The van der Waals surface area contributed by atoms with Crippen LogP contribution in [0.15, 0.2) is 18.2 Å². The largest absolute Gasteiger partial charge is 0.393 e. The van der Waals surface area contributed by atoms with Crippen molar-refractivity contribution in [2.75, 3.05) is 31.5 Å². The fourth-order valence-corrected chi connectivity index (χ4v) is 2.47. The summed E-state index contributed by atoms with van der Waals surface area (Å²) in [6.07, 6.45) is 2.26. The summed E-state index contributed by atoms with van der Waals surface area (Å²) in [5, 5.41) is 23.3. The lowest BCUT2D eigenvalue weighted by atomic mass is 10.1. The minimum Gasteiger partial charge on any atom is -0.393 e. The normalized spacial score (nSPS) is 16.9. The molecule has 0 atom stereocenters. The quantitative estimate of drug-likeness (QED) is 0.477. The van der Waals surface area contributed by atoms with Crippen molar-refractivity contribution in [1.82, 2.24) is 4.90 Å². The first kappa shape index (κ1) is 15.7. The van der Waals surface area contributed by atoms with Crippen LogP contribution < -0.4 is 5.32 Å². The van der Waals surface area contributed by atoms with Crippen LogP contribution in [-0.2, 0) is 0 Å². The molecule has 6 nitrogen and oxygen atoms in total. The van der Waals surface area contributed by atoms with Crippen molar-refractivity contribution in [3.8, 4) is 0 Å². The molecule has 0 radical (unpaired) electrons. The number of nitrogens with zero attached hydrogens (tertiary/aromatic N) is 2. The highest BCUT2D eigenvalue weighted by Gasteiger charge is 2.17. The lowest BCUT2D eigenvalue weighted by Crippen LogP contribution is -2.36. The number of likely N-dealkylation sites (tertiary alicyclic amines) is 1. The summed E-state index contributed by atoms with van der Waals surface area (Å²) < 4.78 is 13.0. The van der Waals surface area contributed by atoms with E-state index in [9.17, 15) is 19.6 Å². The maximum Gasteiger partial charge on any atom is 0.295 e. The lowest BCUT2D eigenvalue weighted by Gasteiger charge is -2.29. The van der Waals surface area contributed by atoms with E-state index in [4.69, 9.17) is 0 Å². The number of aliphatic hydroxyl groups excluding tert-OH is 1. The predicted octanol–water partition coefficient (Wildman–Crippen LogP) is 1.99. The average Bonchev–Trinajstić information content (AvgIpc) is 2.46. The van der Waals surface area contributed by atoms with E-state index in [2.05, 4.69) is 10.2 Å². The highest BCUT2D eigenvalue weighted by atomic mass is 19.1. The topological polar surface area (TPSA) is 78.6 Å². The monoisotopic (exact) mass is 297 g/mol. The summed E-state index contributed by atoms with van der Waals surface area (Å²) in [7, 11) is 0. The van der Waals surface area contributed by atoms with Crippen molar-refractivity contribution in [1.29, 1.82) is 0 Å². The number of nitro groups is 1. The van der Waals surface area contributed by atoms with Crippen molar-refractivity contribution >= 4 is 11.4 Å². The highest BCUT2D eigenvalue weighted by molar-refractivity contribution is 5.61. The van der Waals surface area contributed by atoms with Gasteiger partial charge in [0.05, 0.1) is 17.1 Å². The van der Waals surface area contributed by atoms with Crippen LogP contribution in [0, 0.1) is 15.9 Å². The van der Waals surface area contributed by atoms with Gasteiger partial charge < -0.3 is 15.3 Å². The zero-order valence-corrected chi connectivity index (χ0v) is 11.8. The van der Waals surface area contributed by atoms with Crippen LogP contribution >= 0.6 is 0 Å². The second-order valence-corrected chi connectivity index (χ2v) is 5.27. The van der Waals surface area contributed by atoms with Crippen LogP contribution in [0.2, 0.25) is 0 Å². The van der Waals surface area contributed by atoms with Crippen molar-refractivity contribution in [3.05, 3.63) is 34.1 Å². The third-order valence-corrected chi connectivity index (χ3v) is 3.68. The number of anilines is 1. The number of halogens is 1. The molecule has 0 saturated carbocycles. The smallest absolute Gasteiger partial charge is 0.295 e. The number of benzene rings is 1. The molecule has 1 saturated heterocycles. The molecule has 1 aromatic carbocycles. The van der Waals surface area contributed by atoms with Gasteiger partial charge in [-0.2, -0.15) is 0 Å². The molecule has 2 rings (SSSR count). The molecule has 0 aliphatic carbocycles. The molecule has 0 aromatic heterocycles. The van der Waals surface area contributed by atoms with E-state index in [1.54, 1.807) is 0 Å². The van der Waals surface area contributed by atoms with Crippen molar-refractivity contribution in [2.45, 2.75) is 25.4 Å². The van der Waals surface area contributed by atoms with E-state index in [1.165, 1.54) is 12.1 Å². The van der Waals surface area contributed by atoms with E-state index in [0.717, 1.165) is 45.0 Å². The maximum atomic E-state index is 13.0.